The van der Waals surface area contributed by atoms with Gasteiger partial charge in [-0.25, -0.2) is 0 Å². The fourth-order valence-corrected chi connectivity index (χ4v) is 5.02. The Morgan fingerprint density at radius 2 is 1.92 bits per heavy atom. The van der Waals surface area contributed by atoms with Gasteiger partial charge >= 0.3 is 6.18 Å². The van der Waals surface area contributed by atoms with Crippen LogP contribution in [0.1, 0.15) is 61.4 Å². The van der Waals surface area contributed by atoms with E-state index in [1.807, 2.05) is 0 Å². The van der Waals surface area contributed by atoms with Crippen molar-refractivity contribution in [3.63, 3.8) is 0 Å². The van der Waals surface area contributed by atoms with Gasteiger partial charge in [-0.3, -0.25) is 4.79 Å². The molecule has 0 aromatic heterocycles. The van der Waals surface area contributed by atoms with E-state index >= 15 is 0 Å². The van der Waals surface area contributed by atoms with Gasteiger partial charge in [0, 0.05) is 28.7 Å². The lowest BCUT2D eigenvalue weighted by Crippen LogP contribution is -2.40. The summed E-state index contributed by atoms with van der Waals surface area (Å²) in [4.78, 5) is 15.1. The van der Waals surface area contributed by atoms with E-state index in [-0.39, 0.29) is 5.91 Å². The Bertz CT molecular complexity index is 952. The molecule has 4 nitrogen and oxygen atoms in total. The minimum Gasteiger partial charge on any atom is -0.352 e. The molecule has 2 atom stereocenters. The molecular formula is C28H37ClF3N3O. The first kappa shape index (κ1) is 28.5. The lowest BCUT2D eigenvalue weighted by atomic mass is 10.0. The molecule has 2 unspecified atom stereocenters. The van der Waals surface area contributed by atoms with Crippen LogP contribution in [0.3, 0.4) is 0 Å². The first-order valence-corrected chi connectivity index (χ1v) is 13.3. The number of piperidine rings is 1. The normalized spacial score (nSPS) is 19.6. The quantitative estimate of drug-likeness (QED) is 0.330. The Morgan fingerprint density at radius 1 is 1.14 bits per heavy atom. The van der Waals surface area contributed by atoms with E-state index in [1.54, 1.807) is 24.3 Å². The number of benzene rings is 1. The van der Waals surface area contributed by atoms with Gasteiger partial charge in [0.15, 0.2) is 0 Å². The van der Waals surface area contributed by atoms with Crippen molar-refractivity contribution in [3.05, 3.63) is 64.7 Å². The van der Waals surface area contributed by atoms with Gasteiger partial charge in [-0.1, -0.05) is 61.4 Å². The highest BCUT2D eigenvalue weighted by Crippen LogP contribution is 2.33. The van der Waals surface area contributed by atoms with Crippen LogP contribution in [0, 0.1) is 5.92 Å². The highest BCUT2D eigenvalue weighted by atomic mass is 35.5. The summed E-state index contributed by atoms with van der Waals surface area (Å²) < 4.78 is 38.9. The Hall–Kier alpha value is -2.09. The summed E-state index contributed by atoms with van der Waals surface area (Å²) in [5.41, 5.74) is 1.56. The number of carbonyl (C=O) groups excluding carboxylic acids is 1. The van der Waals surface area contributed by atoms with Crippen LogP contribution < -0.4 is 10.6 Å². The van der Waals surface area contributed by atoms with Crippen LogP contribution in [0.2, 0.25) is 5.02 Å². The molecule has 0 radical (unpaired) electrons. The van der Waals surface area contributed by atoms with E-state index in [1.165, 1.54) is 50.9 Å². The third-order valence-corrected chi connectivity index (χ3v) is 7.16. The standard InChI is InChI=1S/C28H37ClF3N3O/c1-2-24(35-18-4-3-5-19-35)14-17-33-15-7-16-34-27(36)22-11-13-25(26(29)20-22)21-8-6-9-23(12-10-21)28(30,31)32/h6,8-13,20,23-24,33H,2-5,7,14-19H2,1H3,(H,34,36). The molecule has 1 heterocycles. The molecule has 0 spiro atoms. The highest BCUT2D eigenvalue weighted by molar-refractivity contribution is 6.33. The van der Waals surface area contributed by atoms with Gasteiger partial charge in [-0.2, -0.15) is 13.2 Å². The van der Waals surface area contributed by atoms with E-state index in [0.717, 1.165) is 38.1 Å². The van der Waals surface area contributed by atoms with Crippen molar-refractivity contribution >= 4 is 23.1 Å². The Balaban J connectivity index is 1.39. The first-order valence-electron chi connectivity index (χ1n) is 13.0. The van der Waals surface area contributed by atoms with Gasteiger partial charge in [0.25, 0.3) is 5.91 Å². The summed E-state index contributed by atoms with van der Waals surface area (Å²) >= 11 is 6.38. The molecule has 0 bridgehead atoms. The van der Waals surface area contributed by atoms with Crippen LogP contribution in [-0.4, -0.2) is 55.7 Å². The average Bonchev–Trinajstić information content (AvgIpc) is 3.12. The van der Waals surface area contributed by atoms with Crippen LogP contribution in [0.4, 0.5) is 13.2 Å². The van der Waals surface area contributed by atoms with Gasteiger partial charge < -0.3 is 15.5 Å². The molecule has 198 valence electrons. The van der Waals surface area contributed by atoms with Crippen LogP contribution in [0.15, 0.2) is 48.6 Å². The molecule has 0 saturated carbocycles. The number of amides is 1. The molecule has 1 aromatic carbocycles. The van der Waals surface area contributed by atoms with Crippen LogP contribution in [0.5, 0.6) is 0 Å². The van der Waals surface area contributed by atoms with Gasteiger partial charge in [-0.05, 0) is 76.0 Å². The molecule has 1 amide bonds. The minimum atomic E-state index is -4.33. The summed E-state index contributed by atoms with van der Waals surface area (Å²) in [7, 11) is 0. The average molecular weight is 524 g/mol. The number of hydrogen-bond donors (Lipinski definition) is 2. The summed E-state index contributed by atoms with van der Waals surface area (Å²) in [6, 6.07) is 5.52. The second kappa shape index (κ2) is 14.0. The Morgan fingerprint density at radius 3 is 2.61 bits per heavy atom. The molecule has 1 saturated heterocycles. The van der Waals surface area contributed by atoms with Crippen LogP contribution in [0.25, 0.3) is 5.57 Å². The molecule has 36 heavy (non-hydrogen) atoms. The number of nitrogens with one attached hydrogen (secondary N) is 2. The Labute approximate surface area is 217 Å². The number of hydrogen-bond acceptors (Lipinski definition) is 3. The topological polar surface area (TPSA) is 44.4 Å². The first-order chi connectivity index (χ1) is 17.3. The van der Waals surface area contributed by atoms with Crippen molar-refractivity contribution in [3.8, 4) is 0 Å². The number of likely N-dealkylation sites (tertiary alicyclic amines) is 1. The number of alkyl halides is 3. The summed E-state index contributed by atoms with van der Waals surface area (Å²) in [6.45, 7) is 7.06. The van der Waals surface area contributed by atoms with Crippen molar-refractivity contribution in [2.75, 3.05) is 32.7 Å². The third-order valence-electron chi connectivity index (χ3n) is 6.85. The fourth-order valence-electron chi connectivity index (χ4n) is 4.73. The predicted molar refractivity (Wildman–Crippen MR) is 141 cm³/mol. The molecule has 8 heteroatoms. The summed E-state index contributed by atoms with van der Waals surface area (Å²) in [5.74, 6) is -1.85. The maximum absolute atomic E-state index is 13.0. The number of nitrogens with zero attached hydrogens (tertiary/aromatic N) is 1. The monoisotopic (exact) mass is 523 g/mol. The maximum atomic E-state index is 13.0. The molecule has 1 aliphatic carbocycles. The zero-order chi connectivity index (χ0) is 26.0. The molecule has 1 aliphatic heterocycles. The zero-order valence-electron chi connectivity index (χ0n) is 20.9. The number of rotatable bonds is 11. The molecular weight excluding hydrogens is 487 g/mol. The van der Waals surface area contributed by atoms with Gasteiger partial charge in [0.2, 0.25) is 0 Å². The Kier molecular flexibility index (Phi) is 11.1. The van der Waals surface area contributed by atoms with Crippen molar-refractivity contribution < 1.29 is 18.0 Å². The molecule has 1 aromatic rings. The third kappa shape index (κ3) is 8.49. The molecule has 1 fully saturated rings. The second-order valence-electron chi connectivity index (χ2n) is 9.43. The van der Waals surface area contributed by atoms with E-state index < -0.39 is 12.1 Å². The maximum Gasteiger partial charge on any atom is 0.398 e. The van der Waals surface area contributed by atoms with E-state index in [4.69, 9.17) is 11.6 Å². The van der Waals surface area contributed by atoms with E-state index in [2.05, 4.69) is 22.5 Å². The minimum absolute atomic E-state index is 0.220. The van der Waals surface area contributed by atoms with Gasteiger partial charge in [0.1, 0.15) is 0 Å². The second-order valence-corrected chi connectivity index (χ2v) is 9.84. The predicted octanol–water partition coefficient (Wildman–Crippen LogP) is 6.39. The zero-order valence-corrected chi connectivity index (χ0v) is 21.7. The van der Waals surface area contributed by atoms with Crippen molar-refractivity contribution in [2.24, 2.45) is 5.92 Å². The fraction of sp³-hybridized carbons (Fsp3) is 0.536. The van der Waals surface area contributed by atoms with Gasteiger partial charge in [-0.15, -0.1) is 0 Å². The largest absolute Gasteiger partial charge is 0.398 e. The molecule has 3 rings (SSSR count). The number of halogens is 4. The van der Waals surface area contributed by atoms with Crippen LogP contribution in [-0.2, 0) is 0 Å². The number of allylic oxidation sites excluding steroid dienone is 6. The molecule has 2 aliphatic rings. The summed E-state index contributed by atoms with van der Waals surface area (Å²) in [5, 5.41) is 6.71. The van der Waals surface area contributed by atoms with E-state index in [9.17, 15) is 18.0 Å². The van der Waals surface area contributed by atoms with Crippen molar-refractivity contribution in [2.45, 2.75) is 57.7 Å². The lowest BCUT2D eigenvalue weighted by molar-refractivity contribution is -0.148. The lowest BCUT2D eigenvalue weighted by Gasteiger charge is -2.34. The smallest absolute Gasteiger partial charge is 0.352 e. The van der Waals surface area contributed by atoms with E-state index in [0.29, 0.717) is 34.3 Å². The van der Waals surface area contributed by atoms with Gasteiger partial charge in [0.05, 0.1) is 5.92 Å². The highest BCUT2D eigenvalue weighted by Gasteiger charge is 2.36. The van der Waals surface area contributed by atoms with Crippen molar-refractivity contribution in [1.82, 2.24) is 15.5 Å². The summed E-state index contributed by atoms with van der Waals surface area (Å²) in [6.07, 6.45) is 9.39. The molecule has 2 N–H and O–H groups in total. The van der Waals surface area contributed by atoms with Crippen LogP contribution >= 0.6 is 11.6 Å². The SMILES string of the molecule is CCC(CCNCCCNC(=O)c1ccc(C2=CC=CC(C(F)(F)F)C=C2)c(Cl)c1)N1CCCCC1. The van der Waals surface area contributed by atoms with Crippen molar-refractivity contribution in [1.29, 1.82) is 0 Å². The number of carbonyl (C=O) groups is 1.